The average molecular weight is 481 g/mol. The lowest BCUT2D eigenvalue weighted by molar-refractivity contribution is -0.141. The van der Waals surface area contributed by atoms with Gasteiger partial charge in [-0.1, -0.05) is 42.3 Å². The van der Waals surface area contributed by atoms with Crippen molar-refractivity contribution in [3.63, 3.8) is 0 Å². The van der Waals surface area contributed by atoms with Crippen LogP contribution in [-0.2, 0) is 16.1 Å². The topological polar surface area (TPSA) is 49.4 Å². The quantitative estimate of drug-likeness (QED) is 0.434. The SMILES string of the molecule is CC[C@@H](C(=O)NC(C)(C)C)N(Cc1ccc(Cl)cc1)C(=O)CCSc1ccc(Cl)cc1. The average Bonchev–Trinajstić information content (AvgIpc) is 2.69. The van der Waals surface area contributed by atoms with Crippen molar-refractivity contribution in [2.24, 2.45) is 0 Å². The van der Waals surface area contributed by atoms with Crippen molar-refractivity contribution in [1.82, 2.24) is 10.2 Å². The zero-order valence-electron chi connectivity index (χ0n) is 18.5. The predicted molar refractivity (Wildman–Crippen MR) is 131 cm³/mol. The smallest absolute Gasteiger partial charge is 0.243 e. The van der Waals surface area contributed by atoms with Crippen molar-refractivity contribution in [3.05, 3.63) is 64.1 Å². The molecular weight excluding hydrogens is 451 g/mol. The van der Waals surface area contributed by atoms with E-state index >= 15 is 0 Å². The number of carbonyl (C=O) groups is 2. The molecule has 7 heteroatoms. The van der Waals surface area contributed by atoms with Crippen LogP contribution in [0.5, 0.6) is 0 Å². The zero-order valence-corrected chi connectivity index (χ0v) is 20.8. The molecule has 4 nitrogen and oxygen atoms in total. The normalized spacial score (nSPS) is 12.3. The maximum Gasteiger partial charge on any atom is 0.243 e. The van der Waals surface area contributed by atoms with Crippen molar-refractivity contribution in [2.45, 2.75) is 63.6 Å². The molecule has 0 unspecified atom stereocenters. The van der Waals surface area contributed by atoms with Crippen molar-refractivity contribution in [3.8, 4) is 0 Å². The summed E-state index contributed by atoms with van der Waals surface area (Å²) in [5.41, 5.74) is 0.564. The molecule has 0 bridgehead atoms. The molecule has 0 heterocycles. The van der Waals surface area contributed by atoms with E-state index < -0.39 is 6.04 Å². The first-order chi connectivity index (χ1) is 14.6. The van der Waals surface area contributed by atoms with E-state index in [2.05, 4.69) is 5.32 Å². The molecule has 2 amide bonds. The molecule has 168 valence electrons. The Bertz CT molecular complexity index is 865. The van der Waals surface area contributed by atoms with Gasteiger partial charge in [-0.2, -0.15) is 0 Å². The number of hydrogen-bond donors (Lipinski definition) is 1. The molecule has 31 heavy (non-hydrogen) atoms. The fourth-order valence-corrected chi connectivity index (χ4v) is 4.18. The van der Waals surface area contributed by atoms with E-state index in [1.54, 1.807) is 28.8 Å². The summed E-state index contributed by atoms with van der Waals surface area (Å²) in [5.74, 6) is 0.435. The molecule has 0 aromatic heterocycles. The maximum absolute atomic E-state index is 13.2. The molecule has 0 fully saturated rings. The minimum absolute atomic E-state index is 0.0488. The molecule has 0 spiro atoms. The Morgan fingerprint density at radius 3 is 2.06 bits per heavy atom. The van der Waals surface area contributed by atoms with Crippen molar-refractivity contribution < 1.29 is 9.59 Å². The van der Waals surface area contributed by atoms with Crippen LogP contribution in [0.25, 0.3) is 0 Å². The molecule has 0 aliphatic heterocycles. The van der Waals surface area contributed by atoms with Gasteiger partial charge in [-0.3, -0.25) is 9.59 Å². The lowest BCUT2D eigenvalue weighted by atomic mass is 10.1. The van der Waals surface area contributed by atoms with Gasteiger partial charge in [-0.15, -0.1) is 11.8 Å². The Labute approximate surface area is 199 Å². The highest BCUT2D eigenvalue weighted by Crippen LogP contribution is 2.22. The molecular formula is C24H30Cl2N2O2S. The van der Waals surface area contributed by atoms with Gasteiger partial charge < -0.3 is 10.2 Å². The third kappa shape index (κ3) is 8.76. The van der Waals surface area contributed by atoms with E-state index in [1.807, 2.05) is 64.1 Å². The fraction of sp³-hybridized carbons (Fsp3) is 0.417. The summed E-state index contributed by atoms with van der Waals surface area (Å²) >= 11 is 13.5. The molecule has 2 aromatic carbocycles. The monoisotopic (exact) mass is 480 g/mol. The number of nitrogens with one attached hydrogen (secondary N) is 1. The first kappa shape index (κ1) is 25.6. The highest BCUT2D eigenvalue weighted by molar-refractivity contribution is 7.99. The standard InChI is InChI=1S/C24H30Cl2N2O2S/c1-5-21(23(30)27-24(2,3)4)28(16-17-6-8-18(25)9-7-17)22(29)14-15-31-20-12-10-19(26)11-13-20/h6-13,21H,5,14-16H2,1-4H3,(H,27,30)/t21-/m0/s1. The van der Waals surface area contributed by atoms with Crippen LogP contribution in [-0.4, -0.2) is 34.0 Å². The van der Waals surface area contributed by atoms with Crippen molar-refractivity contribution in [1.29, 1.82) is 0 Å². The Hall–Kier alpha value is -1.69. The van der Waals surface area contributed by atoms with Crippen molar-refractivity contribution >= 4 is 46.8 Å². The summed E-state index contributed by atoms with van der Waals surface area (Å²) in [6.07, 6.45) is 0.867. The van der Waals surface area contributed by atoms with Crippen LogP contribution >= 0.6 is 35.0 Å². The summed E-state index contributed by atoms with van der Waals surface area (Å²) in [4.78, 5) is 28.9. The molecule has 1 atom stereocenters. The minimum Gasteiger partial charge on any atom is -0.350 e. The lowest BCUT2D eigenvalue weighted by Gasteiger charge is -2.33. The molecule has 0 radical (unpaired) electrons. The van der Waals surface area contributed by atoms with Crippen LogP contribution in [0.2, 0.25) is 10.0 Å². The molecule has 0 saturated heterocycles. The largest absolute Gasteiger partial charge is 0.350 e. The number of rotatable bonds is 9. The third-order valence-corrected chi connectivity index (χ3v) is 6.07. The summed E-state index contributed by atoms with van der Waals surface area (Å²) in [5, 5.41) is 4.34. The Balaban J connectivity index is 2.14. The first-order valence-electron chi connectivity index (χ1n) is 10.3. The maximum atomic E-state index is 13.2. The molecule has 0 aliphatic rings. The van der Waals surface area contributed by atoms with E-state index in [4.69, 9.17) is 23.2 Å². The van der Waals surface area contributed by atoms with Gasteiger partial charge in [0.05, 0.1) is 0 Å². The summed E-state index contributed by atoms with van der Waals surface area (Å²) in [6, 6.07) is 14.4. The number of benzene rings is 2. The Kier molecular flexibility index (Phi) is 9.73. The van der Waals surface area contributed by atoms with Crippen LogP contribution in [0.3, 0.4) is 0 Å². The molecule has 0 saturated carbocycles. The second kappa shape index (κ2) is 11.8. The van der Waals surface area contributed by atoms with E-state index in [-0.39, 0.29) is 17.4 Å². The predicted octanol–water partition coefficient (Wildman–Crippen LogP) is 6.20. The van der Waals surface area contributed by atoms with E-state index in [9.17, 15) is 9.59 Å². The minimum atomic E-state index is -0.539. The zero-order chi connectivity index (χ0) is 23.0. The van der Waals surface area contributed by atoms with Crippen LogP contribution in [0, 0.1) is 0 Å². The Morgan fingerprint density at radius 2 is 1.55 bits per heavy atom. The van der Waals surface area contributed by atoms with E-state index in [0.717, 1.165) is 10.5 Å². The molecule has 0 aliphatic carbocycles. The van der Waals surface area contributed by atoms with Gasteiger partial charge in [0.15, 0.2) is 0 Å². The van der Waals surface area contributed by atoms with E-state index in [1.165, 1.54) is 0 Å². The second-order valence-electron chi connectivity index (χ2n) is 8.36. The van der Waals surface area contributed by atoms with Crippen molar-refractivity contribution in [2.75, 3.05) is 5.75 Å². The van der Waals surface area contributed by atoms with Crippen LogP contribution in [0.15, 0.2) is 53.4 Å². The first-order valence-corrected chi connectivity index (χ1v) is 12.1. The van der Waals surface area contributed by atoms with Gasteiger partial charge in [-0.05, 0) is 69.2 Å². The lowest BCUT2D eigenvalue weighted by Crippen LogP contribution is -2.53. The third-order valence-electron chi connectivity index (χ3n) is 4.55. The van der Waals surface area contributed by atoms with Crippen LogP contribution < -0.4 is 5.32 Å². The number of nitrogens with zero attached hydrogens (tertiary/aromatic N) is 1. The fourth-order valence-electron chi connectivity index (χ4n) is 3.09. The van der Waals surface area contributed by atoms with Gasteiger partial charge in [0, 0.05) is 39.2 Å². The summed E-state index contributed by atoms with van der Waals surface area (Å²) in [7, 11) is 0. The molecule has 2 rings (SSSR count). The highest BCUT2D eigenvalue weighted by atomic mass is 35.5. The number of carbonyl (C=O) groups excluding carboxylic acids is 2. The summed E-state index contributed by atoms with van der Waals surface area (Å²) in [6.45, 7) is 8.10. The second-order valence-corrected chi connectivity index (χ2v) is 10.4. The van der Waals surface area contributed by atoms with Gasteiger partial charge >= 0.3 is 0 Å². The van der Waals surface area contributed by atoms with Gasteiger partial charge in [-0.25, -0.2) is 0 Å². The summed E-state index contributed by atoms with van der Waals surface area (Å²) < 4.78 is 0. The van der Waals surface area contributed by atoms with Gasteiger partial charge in [0.2, 0.25) is 11.8 Å². The number of halogens is 2. The highest BCUT2D eigenvalue weighted by Gasteiger charge is 2.30. The Morgan fingerprint density at radius 1 is 1.00 bits per heavy atom. The van der Waals surface area contributed by atoms with E-state index in [0.29, 0.717) is 35.2 Å². The van der Waals surface area contributed by atoms with Gasteiger partial charge in [0.1, 0.15) is 6.04 Å². The number of hydrogen-bond acceptors (Lipinski definition) is 3. The van der Waals surface area contributed by atoms with Gasteiger partial charge in [0.25, 0.3) is 0 Å². The van der Waals surface area contributed by atoms with Crippen LogP contribution in [0.1, 0.15) is 46.1 Å². The van der Waals surface area contributed by atoms with Crippen LogP contribution in [0.4, 0.5) is 0 Å². The number of thioether (sulfide) groups is 1. The molecule has 1 N–H and O–H groups in total. The molecule has 2 aromatic rings. The number of amides is 2.